The number of aliphatic hydroxyl groups is 3. The van der Waals surface area contributed by atoms with E-state index in [4.69, 9.17) is 15.6 Å². The van der Waals surface area contributed by atoms with E-state index >= 15 is 0 Å². The first-order chi connectivity index (χ1) is 10.4. The highest BCUT2D eigenvalue weighted by molar-refractivity contribution is 5.67. The Balaban J connectivity index is 0.00000192. The van der Waals surface area contributed by atoms with Crippen LogP contribution < -0.4 is 39.8 Å². The highest BCUT2D eigenvalue weighted by Crippen LogP contribution is 2.26. The molecule has 0 spiro atoms. The zero-order chi connectivity index (χ0) is 16.2. The van der Waals surface area contributed by atoms with Crippen molar-refractivity contribution in [2.45, 2.75) is 24.5 Å². The van der Waals surface area contributed by atoms with E-state index in [0.717, 1.165) is 0 Å². The van der Waals surface area contributed by atoms with Crippen LogP contribution in [0.2, 0.25) is 0 Å². The number of anilines is 1. The van der Waals surface area contributed by atoms with Crippen LogP contribution in [-0.4, -0.2) is 54.4 Å². The van der Waals surface area contributed by atoms with Gasteiger partial charge in [0.05, 0.1) is 13.7 Å². The Morgan fingerprint density at radius 1 is 1.39 bits per heavy atom. The maximum atomic E-state index is 12.3. The lowest BCUT2D eigenvalue weighted by atomic mass is 10.1. The third-order valence-corrected chi connectivity index (χ3v) is 3.97. The third kappa shape index (κ3) is 2.61. The number of aryl methyl sites for hydroxylation is 1. The minimum Gasteiger partial charge on any atom is -1.00 e. The van der Waals surface area contributed by atoms with E-state index < -0.39 is 31.1 Å². The van der Waals surface area contributed by atoms with E-state index in [2.05, 4.69) is 4.98 Å². The van der Waals surface area contributed by atoms with E-state index in [-0.39, 0.29) is 46.6 Å². The number of fused-ring (bicyclic) bond motifs is 1. The van der Waals surface area contributed by atoms with Crippen LogP contribution in [0.4, 0.5) is 5.95 Å². The Kier molecular flexibility index (Phi) is 4.96. The number of nitrogens with two attached hydrogens (primary N) is 1. The standard InChI is InChI=1S/C12H17N5O5.HI/c1-15-4-17(11-8(20)7(19)5(3-18)22-11)9-6(15)10(21)16(2)12(13)14-9;/h4-5,7-8,11,18-20H,3H2,1-2H3,(H-,13,14,21);1H/t5-,7-,8-,11-;/m1./s1. The molecule has 23 heavy (non-hydrogen) atoms. The largest absolute Gasteiger partial charge is 1.00 e. The summed E-state index contributed by atoms with van der Waals surface area (Å²) in [6.07, 6.45) is -2.86. The van der Waals surface area contributed by atoms with Gasteiger partial charge in [0, 0.05) is 7.05 Å². The number of hydrogen-bond acceptors (Lipinski definition) is 7. The van der Waals surface area contributed by atoms with Gasteiger partial charge in [0.1, 0.15) is 18.3 Å². The van der Waals surface area contributed by atoms with E-state index in [1.54, 1.807) is 11.6 Å². The summed E-state index contributed by atoms with van der Waals surface area (Å²) >= 11 is 0. The molecule has 4 atom stereocenters. The summed E-state index contributed by atoms with van der Waals surface area (Å²) in [4.78, 5) is 16.4. The quantitative estimate of drug-likeness (QED) is 0.270. The van der Waals surface area contributed by atoms with Gasteiger partial charge in [0.2, 0.25) is 11.7 Å². The number of ether oxygens (including phenoxy) is 1. The summed E-state index contributed by atoms with van der Waals surface area (Å²) in [6, 6.07) is 0. The molecule has 1 aliphatic rings. The van der Waals surface area contributed by atoms with Crippen molar-refractivity contribution in [1.82, 2.24) is 14.1 Å². The molecule has 11 heteroatoms. The molecule has 1 fully saturated rings. The third-order valence-electron chi connectivity index (χ3n) is 3.97. The summed E-state index contributed by atoms with van der Waals surface area (Å²) in [5, 5.41) is 29.1. The summed E-state index contributed by atoms with van der Waals surface area (Å²) in [5.41, 5.74) is 5.90. The summed E-state index contributed by atoms with van der Waals surface area (Å²) in [6.45, 7) is -0.433. The summed E-state index contributed by atoms with van der Waals surface area (Å²) < 4.78 is 9.64. The first-order valence-electron chi connectivity index (χ1n) is 6.72. The molecule has 3 rings (SSSR count). The summed E-state index contributed by atoms with van der Waals surface area (Å²) in [7, 11) is 3.16. The lowest BCUT2D eigenvalue weighted by molar-refractivity contribution is -0.745. The molecule has 1 aliphatic heterocycles. The van der Waals surface area contributed by atoms with E-state index in [1.807, 2.05) is 0 Å². The number of halogens is 1. The van der Waals surface area contributed by atoms with Crippen molar-refractivity contribution in [2.24, 2.45) is 14.1 Å². The number of nitrogen functional groups attached to an aromatic ring is 1. The van der Waals surface area contributed by atoms with Crippen LogP contribution in [0.3, 0.4) is 0 Å². The second kappa shape index (κ2) is 6.32. The molecule has 0 unspecified atom stereocenters. The zero-order valence-electron chi connectivity index (χ0n) is 12.5. The van der Waals surface area contributed by atoms with Crippen LogP contribution in [0, 0.1) is 0 Å². The van der Waals surface area contributed by atoms with Crippen LogP contribution >= 0.6 is 0 Å². The average Bonchev–Trinajstić information content (AvgIpc) is 2.95. The maximum Gasteiger partial charge on any atom is 0.313 e. The molecule has 0 radical (unpaired) electrons. The molecule has 2 aromatic heterocycles. The van der Waals surface area contributed by atoms with Gasteiger partial charge in [-0.15, -0.1) is 0 Å². The van der Waals surface area contributed by atoms with Crippen molar-refractivity contribution in [3.63, 3.8) is 0 Å². The number of hydrogen-bond donors (Lipinski definition) is 4. The second-order valence-electron chi connectivity index (χ2n) is 5.37. The van der Waals surface area contributed by atoms with Gasteiger partial charge in [-0.05, 0) is 0 Å². The zero-order valence-corrected chi connectivity index (χ0v) is 14.7. The maximum absolute atomic E-state index is 12.3. The predicted octanol–water partition coefficient (Wildman–Crippen LogP) is -6.24. The van der Waals surface area contributed by atoms with E-state index in [1.165, 1.54) is 22.5 Å². The predicted molar refractivity (Wildman–Crippen MR) is 73.6 cm³/mol. The van der Waals surface area contributed by atoms with Gasteiger partial charge >= 0.3 is 11.2 Å². The van der Waals surface area contributed by atoms with Gasteiger partial charge < -0.3 is 49.8 Å². The van der Waals surface area contributed by atoms with Gasteiger partial charge in [-0.25, -0.2) is 4.57 Å². The molecule has 0 saturated carbocycles. The normalized spacial score (nSPS) is 27.3. The van der Waals surface area contributed by atoms with E-state index in [0.29, 0.717) is 0 Å². The van der Waals surface area contributed by atoms with Crippen LogP contribution in [-0.2, 0) is 18.8 Å². The lowest BCUT2D eigenvalue weighted by Gasteiger charge is -2.12. The topological polar surface area (TPSA) is 140 Å². The Labute approximate surface area is 147 Å². The molecule has 128 valence electrons. The van der Waals surface area contributed by atoms with Crippen molar-refractivity contribution in [1.29, 1.82) is 0 Å². The van der Waals surface area contributed by atoms with Crippen molar-refractivity contribution in [3.05, 3.63) is 16.7 Å². The molecule has 5 N–H and O–H groups in total. The lowest BCUT2D eigenvalue weighted by Crippen LogP contribution is -3.00. The van der Waals surface area contributed by atoms with Crippen LogP contribution in [0.5, 0.6) is 0 Å². The summed E-state index contributed by atoms with van der Waals surface area (Å²) in [5.74, 6) is 0.0178. The van der Waals surface area contributed by atoms with Gasteiger partial charge in [-0.2, -0.15) is 0 Å². The molecule has 2 aromatic rings. The molecular formula is C12H18IN5O5. The fraction of sp³-hybridized carbons (Fsp3) is 0.583. The fourth-order valence-corrected chi connectivity index (χ4v) is 2.68. The molecular weight excluding hydrogens is 421 g/mol. The van der Waals surface area contributed by atoms with Crippen LogP contribution in [0.25, 0.3) is 11.2 Å². The number of nitrogens with zero attached hydrogens (tertiary/aromatic N) is 4. The number of imidazole rings is 1. The molecule has 0 bridgehead atoms. The molecule has 1 saturated heterocycles. The highest BCUT2D eigenvalue weighted by atomic mass is 127. The molecule has 10 nitrogen and oxygen atoms in total. The first-order valence-corrected chi connectivity index (χ1v) is 6.72. The smallest absolute Gasteiger partial charge is 0.313 e. The SMILES string of the molecule is Cn1c(N)nc2c(c1=O)n(C)c[n+]2[C@@H]1O[C@H](CO)[C@@H](O)[C@H]1O.[I-]. The van der Waals surface area contributed by atoms with Gasteiger partial charge in [-0.1, -0.05) is 4.98 Å². The number of aliphatic hydroxyl groups excluding tert-OH is 3. The molecule has 0 aliphatic carbocycles. The monoisotopic (exact) mass is 439 g/mol. The minimum atomic E-state index is -1.26. The number of aromatic nitrogens is 4. The number of rotatable bonds is 2. The van der Waals surface area contributed by atoms with Crippen molar-refractivity contribution >= 4 is 17.1 Å². The fourth-order valence-electron chi connectivity index (χ4n) is 2.68. The van der Waals surface area contributed by atoms with Gasteiger partial charge in [0.15, 0.2) is 6.33 Å². The minimum absolute atomic E-state index is 0. The Morgan fingerprint density at radius 3 is 2.61 bits per heavy atom. The average molecular weight is 439 g/mol. The van der Waals surface area contributed by atoms with E-state index in [9.17, 15) is 15.0 Å². The van der Waals surface area contributed by atoms with Crippen molar-refractivity contribution in [3.8, 4) is 0 Å². The van der Waals surface area contributed by atoms with Crippen LogP contribution in [0.1, 0.15) is 6.23 Å². The van der Waals surface area contributed by atoms with Crippen molar-refractivity contribution in [2.75, 3.05) is 12.3 Å². The Morgan fingerprint density at radius 2 is 2.04 bits per heavy atom. The van der Waals surface area contributed by atoms with Gasteiger partial charge in [0.25, 0.3) is 5.95 Å². The first kappa shape index (κ1) is 18.1. The second-order valence-corrected chi connectivity index (χ2v) is 5.37. The highest BCUT2D eigenvalue weighted by Gasteiger charge is 2.46. The molecule has 0 aromatic carbocycles. The van der Waals surface area contributed by atoms with Crippen molar-refractivity contribution < 1.29 is 48.6 Å². The van der Waals surface area contributed by atoms with Crippen LogP contribution in [0.15, 0.2) is 11.1 Å². The Bertz CT molecular complexity index is 790. The molecule has 3 heterocycles. The van der Waals surface area contributed by atoms with Gasteiger partial charge in [-0.3, -0.25) is 13.9 Å². The Hall–Kier alpha value is -1.28. The molecule has 0 amide bonds.